The summed E-state index contributed by atoms with van der Waals surface area (Å²) in [5.41, 5.74) is 0.332. The molecule has 1 heterocycles. The summed E-state index contributed by atoms with van der Waals surface area (Å²) < 4.78 is 14.0. The van der Waals surface area contributed by atoms with Crippen LogP contribution >= 0.6 is 0 Å². The van der Waals surface area contributed by atoms with Crippen LogP contribution in [0.25, 0.3) is 0 Å². The molecule has 1 atom stereocenters. The molecule has 0 aliphatic carbocycles. The van der Waals surface area contributed by atoms with Crippen molar-refractivity contribution in [1.82, 2.24) is 5.32 Å². The first kappa shape index (κ1) is 21.6. The van der Waals surface area contributed by atoms with E-state index in [-0.39, 0.29) is 34.5 Å². The van der Waals surface area contributed by atoms with Crippen LogP contribution in [0.3, 0.4) is 0 Å². The second-order valence-corrected chi connectivity index (χ2v) is 6.11. The van der Waals surface area contributed by atoms with Gasteiger partial charge in [0.15, 0.2) is 0 Å². The van der Waals surface area contributed by atoms with E-state index in [0.717, 1.165) is 7.11 Å². The van der Waals surface area contributed by atoms with Crippen molar-refractivity contribution in [3.8, 4) is 0 Å². The quantitative estimate of drug-likeness (QED) is 0.543. The number of hydrogen-bond donors (Lipinski definition) is 2. The van der Waals surface area contributed by atoms with Gasteiger partial charge in [0.25, 0.3) is 0 Å². The van der Waals surface area contributed by atoms with Gasteiger partial charge in [-0.05, 0) is 25.1 Å². The number of benzene rings is 1. The minimum atomic E-state index is -1.11. The Bertz CT molecular complexity index is 885. The highest BCUT2D eigenvalue weighted by molar-refractivity contribution is 6.07. The van der Waals surface area contributed by atoms with E-state index in [9.17, 15) is 24.0 Å². The molecule has 0 saturated heterocycles. The summed E-state index contributed by atoms with van der Waals surface area (Å²) in [5, 5.41) is 5.02. The number of anilines is 1. The third kappa shape index (κ3) is 4.78. The molecule has 1 unspecified atom stereocenters. The van der Waals surface area contributed by atoms with E-state index in [2.05, 4.69) is 20.1 Å². The number of rotatable bonds is 5. The number of methoxy groups -OCH3 is 3. The molecule has 0 spiro atoms. The van der Waals surface area contributed by atoms with Gasteiger partial charge in [0.05, 0.1) is 43.9 Å². The molecule has 29 heavy (non-hydrogen) atoms. The van der Waals surface area contributed by atoms with E-state index in [1.807, 2.05) is 0 Å². The smallest absolute Gasteiger partial charge is 0.337 e. The number of amides is 2. The van der Waals surface area contributed by atoms with E-state index in [0.29, 0.717) is 0 Å². The van der Waals surface area contributed by atoms with Crippen molar-refractivity contribution in [3.63, 3.8) is 0 Å². The molecule has 1 aromatic rings. The van der Waals surface area contributed by atoms with Gasteiger partial charge in [0.2, 0.25) is 11.8 Å². The van der Waals surface area contributed by atoms with Gasteiger partial charge in [0.1, 0.15) is 0 Å². The zero-order valence-electron chi connectivity index (χ0n) is 16.3. The van der Waals surface area contributed by atoms with Crippen molar-refractivity contribution >= 4 is 35.4 Å². The van der Waals surface area contributed by atoms with Gasteiger partial charge in [-0.1, -0.05) is 0 Å². The van der Waals surface area contributed by atoms with Gasteiger partial charge in [-0.25, -0.2) is 14.4 Å². The summed E-state index contributed by atoms with van der Waals surface area (Å²) in [6.45, 7) is 1.48. The second kappa shape index (κ2) is 9.00. The first-order chi connectivity index (χ1) is 13.7. The Morgan fingerprint density at radius 1 is 0.931 bits per heavy atom. The summed E-state index contributed by atoms with van der Waals surface area (Å²) in [7, 11) is 3.50. The molecule has 1 aliphatic heterocycles. The minimum absolute atomic E-state index is 0.00648. The van der Waals surface area contributed by atoms with E-state index in [1.54, 1.807) is 0 Å². The Morgan fingerprint density at radius 2 is 1.45 bits per heavy atom. The van der Waals surface area contributed by atoms with Crippen molar-refractivity contribution in [2.45, 2.75) is 13.3 Å². The predicted octanol–water partition coefficient (Wildman–Crippen LogP) is 0.781. The Labute approximate surface area is 166 Å². The second-order valence-electron chi connectivity index (χ2n) is 6.11. The number of hydrogen-bond acceptors (Lipinski definition) is 8. The average molecular weight is 404 g/mol. The fourth-order valence-electron chi connectivity index (χ4n) is 2.91. The molecule has 0 saturated carbocycles. The summed E-state index contributed by atoms with van der Waals surface area (Å²) in [4.78, 5) is 60.5. The molecule has 2 N–H and O–H groups in total. The lowest BCUT2D eigenvalue weighted by Gasteiger charge is -2.25. The Kier molecular flexibility index (Phi) is 6.71. The largest absolute Gasteiger partial charge is 0.466 e. The number of nitrogens with one attached hydrogen (secondary N) is 2. The van der Waals surface area contributed by atoms with E-state index in [4.69, 9.17) is 4.74 Å². The summed E-state index contributed by atoms with van der Waals surface area (Å²) in [6.07, 6.45) is -0.270. The summed E-state index contributed by atoms with van der Waals surface area (Å²) in [5.74, 6) is -4.43. The molecular weight excluding hydrogens is 384 g/mol. The van der Waals surface area contributed by atoms with Crippen LogP contribution < -0.4 is 10.6 Å². The molecule has 10 heteroatoms. The molecule has 154 valence electrons. The maximum absolute atomic E-state index is 12.8. The van der Waals surface area contributed by atoms with Crippen LogP contribution in [0.2, 0.25) is 0 Å². The summed E-state index contributed by atoms with van der Waals surface area (Å²) in [6, 6.07) is 3.85. The lowest BCUT2D eigenvalue weighted by atomic mass is 9.89. The minimum Gasteiger partial charge on any atom is -0.466 e. The molecule has 0 bridgehead atoms. The van der Waals surface area contributed by atoms with E-state index < -0.39 is 35.6 Å². The predicted molar refractivity (Wildman–Crippen MR) is 98.7 cm³/mol. The van der Waals surface area contributed by atoms with Gasteiger partial charge in [-0.3, -0.25) is 9.59 Å². The van der Waals surface area contributed by atoms with Crippen molar-refractivity contribution in [2.24, 2.45) is 5.92 Å². The van der Waals surface area contributed by atoms with Crippen LogP contribution in [-0.2, 0) is 28.6 Å². The Hall–Kier alpha value is -3.69. The molecule has 0 radical (unpaired) electrons. The summed E-state index contributed by atoms with van der Waals surface area (Å²) >= 11 is 0. The third-order valence-electron chi connectivity index (χ3n) is 4.23. The number of esters is 3. The Morgan fingerprint density at radius 3 is 1.93 bits per heavy atom. The molecule has 1 aromatic carbocycles. The average Bonchev–Trinajstić information content (AvgIpc) is 2.70. The highest BCUT2D eigenvalue weighted by Crippen LogP contribution is 2.26. The van der Waals surface area contributed by atoms with Crippen LogP contribution in [-0.4, -0.2) is 51.1 Å². The van der Waals surface area contributed by atoms with E-state index in [1.165, 1.54) is 39.3 Å². The topological polar surface area (TPSA) is 137 Å². The van der Waals surface area contributed by atoms with Crippen molar-refractivity contribution in [3.05, 3.63) is 40.6 Å². The molecule has 0 fully saturated rings. The zero-order valence-corrected chi connectivity index (χ0v) is 16.3. The fraction of sp³-hybridized carbons (Fsp3) is 0.316. The van der Waals surface area contributed by atoms with Crippen molar-refractivity contribution in [1.29, 1.82) is 0 Å². The standard InChI is InChI=1S/C19H20N2O8/c1-9-15(19(26)29-4)13(8-14(22)20-9)16(23)21-12-6-10(17(24)27-2)5-11(7-12)18(25)28-3/h5-7,13H,8H2,1-4H3,(H,20,22)(H,21,23). The monoisotopic (exact) mass is 404 g/mol. The zero-order chi connectivity index (χ0) is 21.7. The van der Waals surface area contributed by atoms with Crippen molar-refractivity contribution < 1.29 is 38.2 Å². The normalized spacial score (nSPS) is 15.9. The van der Waals surface area contributed by atoms with Gasteiger partial charge >= 0.3 is 17.9 Å². The molecule has 1 aliphatic rings. The first-order valence-corrected chi connectivity index (χ1v) is 8.43. The fourth-order valence-corrected chi connectivity index (χ4v) is 2.91. The van der Waals surface area contributed by atoms with Crippen LogP contribution in [0.15, 0.2) is 29.5 Å². The van der Waals surface area contributed by atoms with Gasteiger partial charge in [0, 0.05) is 17.8 Å². The van der Waals surface area contributed by atoms with Crippen LogP contribution in [0, 0.1) is 5.92 Å². The van der Waals surface area contributed by atoms with Crippen molar-refractivity contribution in [2.75, 3.05) is 26.6 Å². The van der Waals surface area contributed by atoms with Crippen LogP contribution in [0.1, 0.15) is 34.1 Å². The number of carbonyl (C=O) groups is 5. The van der Waals surface area contributed by atoms with Crippen LogP contribution in [0.5, 0.6) is 0 Å². The number of carbonyl (C=O) groups excluding carboxylic acids is 5. The molecule has 2 rings (SSSR count). The van der Waals surface area contributed by atoms with E-state index >= 15 is 0 Å². The maximum Gasteiger partial charge on any atom is 0.337 e. The highest BCUT2D eigenvalue weighted by Gasteiger charge is 2.36. The third-order valence-corrected chi connectivity index (χ3v) is 4.23. The lowest BCUT2D eigenvalue weighted by molar-refractivity contribution is -0.139. The lowest BCUT2D eigenvalue weighted by Crippen LogP contribution is -2.40. The Balaban J connectivity index is 2.41. The van der Waals surface area contributed by atoms with Gasteiger partial charge < -0.3 is 24.8 Å². The molecular formula is C19H20N2O8. The molecule has 2 amide bonds. The van der Waals surface area contributed by atoms with Crippen LogP contribution in [0.4, 0.5) is 5.69 Å². The molecule has 0 aromatic heterocycles. The highest BCUT2D eigenvalue weighted by atomic mass is 16.5. The van der Waals surface area contributed by atoms with Gasteiger partial charge in [-0.15, -0.1) is 0 Å². The maximum atomic E-state index is 12.8. The SMILES string of the molecule is COC(=O)C1=C(C)NC(=O)CC1C(=O)Nc1cc(C(=O)OC)cc(C(=O)OC)c1. The first-order valence-electron chi connectivity index (χ1n) is 8.43. The number of ether oxygens (including phenoxy) is 3. The number of allylic oxidation sites excluding steroid dienone is 1. The molecule has 10 nitrogen and oxygen atoms in total. The van der Waals surface area contributed by atoms with Gasteiger partial charge in [-0.2, -0.15) is 0 Å².